The SMILES string of the molecule is F[B-](F)(F)F.N#[N+]c1cc(-c2ccccc2)c2cc3ccccn3cc-2c1=O. The Morgan fingerprint density at radius 3 is 2.14 bits per heavy atom. The van der Waals surface area contributed by atoms with Crippen LogP contribution in [0.3, 0.4) is 0 Å². The van der Waals surface area contributed by atoms with Crippen molar-refractivity contribution in [3.63, 3.8) is 0 Å². The van der Waals surface area contributed by atoms with Crippen LogP contribution in [0.1, 0.15) is 0 Å². The number of nitrogens with zero attached hydrogens (tertiary/aromatic N) is 3. The van der Waals surface area contributed by atoms with E-state index in [2.05, 4.69) is 4.98 Å². The third-order valence-electron chi connectivity index (χ3n) is 4.01. The molecule has 4 rings (SSSR count). The summed E-state index contributed by atoms with van der Waals surface area (Å²) in [5.41, 5.74) is 3.99. The first-order valence-corrected chi connectivity index (χ1v) is 8.13. The van der Waals surface area contributed by atoms with Crippen molar-refractivity contribution in [3.05, 3.63) is 88.3 Å². The Labute approximate surface area is 156 Å². The Kier molecular flexibility index (Phi) is 5.13. The Hall–Kier alpha value is -3.67. The molecule has 0 unspecified atom stereocenters. The number of halogens is 4. The molecule has 2 heterocycles. The molecule has 0 amide bonds. The van der Waals surface area contributed by atoms with Crippen molar-refractivity contribution in [1.82, 2.24) is 4.40 Å². The molecule has 1 aliphatic heterocycles. The van der Waals surface area contributed by atoms with Crippen molar-refractivity contribution in [3.8, 4) is 22.3 Å². The first-order valence-electron chi connectivity index (χ1n) is 8.13. The van der Waals surface area contributed by atoms with Crippen LogP contribution in [0, 0.1) is 5.39 Å². The molecule has 1 aromatic carbocycles. The van der Waals surface area contributed by atoms with E-state index in [-0.39, 0.29) is 11.1 Å². The minimum Gasteiger partial charge on any atom is -0.418 e. The maximum Gasteiger partial charge on any atom is 0.673 e. The first kappa shape index (κ1) is 19.1. The van der Waals surface area contributed by atoms with Crippen molar-refractivity contribution in [2.75, 3.05) is 0 Å². The minimum absolute atomic E-state index is 0.0484. The van der Waals surface area contributed by atoms with E-state index in [0.717, 1.165) is 22.2 Å². The highest BCUT2D eigenvalue weighted by Crippen LogP contribution is 2.35. The van der Waals surface area contributed by atoms with Crippen molar-refractivity contribution in [2.24, 2.45) is 0 Å². The van der Waals surface area contributed by atoms with Gasteiger partial charge in [0.2, 0.25) is 5.39 Å². The quantitative estimate of drug-likeness (QED) is 0.178. The van der Waals surface area contributed by atoms with Gasteiger partial charge < -0.3 is 21.7 Å². The zero-order chi connectivity index (χ0) is 20.3. The van der Waals surface area contributed by atoms with Gasteiger partial charge in [-0.1, -0.05) is 36.4 Å². The van der Waals surface area contributed by atoms with Gasteiger partial charge in [-0.2, -0.15) is 0 Å². The molecule has 28 heavy (non-hydrogen) atoms. The summed E-state index contributed by atoms with van der Waals surface area (Å²) in [7, 11) is -6.00. The molecule has 1 aliphatic carbocycles. The average molecular weight is 385 g/mol. The van der Waals surface area contributed by atoms with Crippen LogP contribution < -0.4 is 5.43 Å². The van der Waals surface area contributed by atoms with E-state index in [9.17, 15) is 27.5 Å². The summed E-state index contributed by atoms with van der Waals surface area (Å²) >= 11 is 0. The monoisotopic (exact) mass is 385 g/mol. The number of pyridine rings is 2. The van der Waals surface area contributed by atoms with E-state index in [1.807, 2.05) is 65.2 Å². The first-order chi connectivity index (χ1) is 13.3. The average Bonchev–Trinajstić information content (AvgIpc) is 2.67. The van der Waals surface area contributed by atoms with Crippen LogP contribution in [-0.4, -0.2) is 11.7 Å². The van der Waals surface area contributed by atoms with Gasteiger partial charge in [0.1, 0.15) is 0 Å². The smallest absolute Gasteiger partial charge is 0.418 e. The molecule has 0 atom stereocenters. The van der Waals surface area contributed by atoms with Crippen molar-refractivity contribution < 1.29 is 17.3 Å². The second-order valence-electron chi connectivity index (χ2n) is 5.87. The molecule has 0 fully saturated rings. The number of aromatic nitrogens is 1. The Morgan fingerprint density at radius 2 is 1.50 bits per heavy atom. The highest BCUT2D eigenvalue weighted by atomic mass is 19.5. The highest BCUT2D eigenvalue weighted by Gasteiger charge is 2.24. The Morgan fingerprint density at radius 1 is 0.857 bits per heavy atom. The molecule has 0 radical (unpaired) electrons. The summed E-state index contributed by atoms with van der Waals surface area (Å²) in [5.74, 6) is 0. The number of diazo groups is 1. The highest BCUT2D eigenvalue weighted by molar-refractivity contribution is 6.50. The van der Waals surface area contributed by atoms with Crippen LogP contribution in [-0.2, 0) is 0 Å². The summed E-state index contributed by atoms with van der Waals surface area (Å²) in [4.78, 5) is 15.7. The maximum absolute atomic E-state index is 12.5. The van der Waals surface area contributed by atoms with Gasteiger partial charge in [0.15, 0.2) is 4.98 Å². The van der Waals surface area contributed by atoms with Crippen molar-refractivity contribution in [1.29, 1.82) is 5.39 Å². The molecule has 0 N–H and O–H groups in total. The lowest BCUT2D eigenvalue weighted by molar-refractivity contribution is 0.368. The van der Waals surface area contributed by atoms with Crippen LogP contribution in [0.2, 0.25) is 0 Å². The molecule has 0 spiro atoms. The summed E-state index contributed by atoms with van der Waals surface area (Å²) in [6.07, 6.45) is 3.67. The van der Waals surface area contributed by atoms with Gasteiger partial charge in [0.05, 0.1) is 5.56 Å². The van der Waals surface area contributed by atoms with E-state index in [0.29, 0.717) is 5.56 Å². The number of hydrogen-bond acceptors (Lipinski definition) is 2. The normalized spacial score (nSPS) is 11.0. The third-order valence-corrected chi connectivity index (χ3v) is 4.01. The molecular formula is C19H12BF4N3O. The Bertz CT molecular complexity index is 1190. The molecule has 9 heteroatoms. The van der Waals surface area contributed by atoms with E-state index < -0.39 is 7.25 Å². The third kappa shape index (κ3) is 4.18. The zero-order valence-corrected chi connectivity index (χ0v) is 14.3. The van der Waals surface area contributed by atoms with Gasteiger partial charge in [0.25, 0.3) is 5.43 Å². The van der Waals surface area contributed by atoms with Crippen LogP contribution in [0.5, 0.6) is 0 Å². The Balaban J connectivity index is 0.000000403. The van der Waals surface area contributed by atoms with Gasteiger partial charge in [-0.25, -0.2) is 0 Å². The fraction of sp³-hybridized carbons (Fsp3) is 0. The minimum atomic E-state index is -6.00. The summed E-state index contributed by atoms with van der Waals surface area (Å²) in [6, 6.07) is 19.3. The fourth-order valence-electron chi connectivity index (χ4n) is 2.90. The second-order valence-corrected chi connectivity index (χ2v) is 5.87. The predicted molar refractivity (Wildman–Crippen MR) is 101 cm³/mol. The van der Waals surface area contributed by atoms with Crippen LogP contribution in [0.4, 0.5) is 23.0 Å². The maximum atomic E-state index is 12.5. The fourth-order valence-corrected chi connectivity index (χ4v) is 2.90. The standard InChI is InChI=1S/C19H12N3O.BF4/c20-21-18-11-15(13-6-2-1-3-7-13)16-10-14-8-4-5-9-22(14)12-17(16)19(18)23;2-1(3,4)5/h1-12H;/q+1;-1. The lowest BCUT2D eigenvalue weighted by Gasteiger charge is -2.12. The lowest BCUT2D eigenvalue weighted by Crippen LogP contribution is -2.08. The van der Waals surface area contributed by atoms with E-state index in [4.69, 9.17) is 0 Å². The topological polar surface area (TPSA) is 49.6 Å². The molecule has 0 saturated heterocycles. The zero-order valence-electron chi connectivity index (χ0n) is 14.3. The molecular weight excluding hydrogens is 373 g/mol. The van der Waals surface area contributed by atoms with Gasteiger partial charge in [-0.3, -0.25) is 4.79 Å². The largest absolute Gasteiger partial charge is 0.673 e. The van der Waals surface area contributed by atoms with Gasteiger partial charge in [0, 0.05) is 24.0 Å². The van der Waals surface area contributed by atoms with E-state index in [1.54, 1.807) is 12.3 Å². The van der Waals surface area contributed by atoms with Gasteiger partial charge in [-0.05, 0) is 34.9 Å². The molecule has 4 nitrogen and oxygen atoms in total. The molecule has 1 aromatic heterocycles. The predicted octanol–water partition coefficient (Wildman–Crippen LogP) is 5.86. The van der Waals surface area contributed by atoms with Crippen molar-refractivity contribution in [2.45, 2.75) is 0 Å². The molecule has 140 valence electrons. The van der Waals surface area contributed by atoms with Gasteiger partial charge >= 0.3 is 12.9 Å². The number of hydrogen-bond donors (Lipinski definition) is 0. The van der Waals surface area contributed by atoms with Crippen molar-refractivity contribution >= 4 is 18.5 Å². The van der Waals surface area contributed by atoms with Crippen LogP contribution in [0.15, 0.2) is 77.9 Å². The summed E-state index contributed by atoms with van der Waals surface area (Å²) in [5, 5.41) is 9.18. The van der Waals surface area contributed by atoms with Crippen LogP contribution in [0.25, 0.3) is 32.7 Å². The molecule has 2 aliphatic rings. The number of rotatable bonds is 1. The van der Waals surface area contributed by atoms with Crippen LogP contribution >= 0.6 is 0 Å². The molecule has 0 saturated carbocycles. The lowest BCUT2D eigenvalue weighted by atomic mass is 9.92. The summed E-state index contributed by atoms with van der Waals surface area (Å²) in [6.45, 7) is 0. The second kappa shape index (κ2) is 7.52. The van der Waals surface area contributed by atoms with E-state index >= 15 is 0 Å². The van der Waals surface area contributed by atoms with Gasteiger partial charge in [-0.15, -0.1) is 0 Å². The number of benzene rings is 2. The molecule has 2 aromatic rings. The molecule has 0 bridgehead atoms. The number of fused-ring (bicyclic) bond motifs is 2. The summed E-state index contributed by atoms with van der Waals surface area (Å²) < 4.78 is 40.9. The van der Waals surface area contributed by atoms with E-state index in [1.165, 1.54) is 0 Å².